The van der Waals surface area contributed by atoms with Gasteiger partial charge in [0.1, 0.15) is 0 Å². The van der Waals surface area contributed by atoms with E-state index in [1.54, 1.807) is 0 Å². The summed E-state index contributed by atoms with van der Waals surface area (Å²) in [5.74, 6) is 0. The van der Waals surface area contributed by atoms with Crippen molar-refractivity contribution >= 4 is 15.5 Å². The van der Waals surface area contributed by atoms with Crippen molar-refractivity contribution in [1.29, 1.82) is 0 Å². The molecule has 1 spiro atoms. The number of nitrogens with zero attached hydrogens (tertiary/aromatic N) is 2. The summed E-state index contributed by atoms with van der Waals surface area (Å²) in [6.07, 6.45) is 9.02. The number of hydrogen-bond donors (Lipinski definition) is 2. The second kappa shape index (κ2) is 9.74. The van der Waals surface area contributed by atoms with Crippen molar-refractivity contribution < 1.29 is 27.2 Å². The Bertz CT molecular complexity index is 556. The summed E-state index contributed by atoms with van der Waals surface area (Å²) >= 11 is 0. The molecule has 4 aliphatic rings. The van der Waals surface area contributed by atoms with E-state index >= 15 is 0 Å². The molecule has 0 saturated carbocycles. The lowest BCUT2D eigenvalue weighted by atomic mass is 9.93. The highest BCUT2D eigenvalue weighted by Crippen LogP contribution is 2.56. The maximum absolute atomic E-state index is 12.9. The van der Waals surface area contributed by atoms with E-state index in [9.17, 15) is 9.13 Å². The van der Waals surface area contributed by atoms with Crippen LogP contribution in [0, 0.1) is 5.41 Å². The predicted molar refractivity (Wildman–Crippen MR) is 108 cm³/mol. The van der Waals surface area contributed by atoms with Crippen LogP contribution >= 0.6 is 15.5 Å². The van der Waals surface area contributed by atoms with Gasteiger partial charge in [0.05, 0.1) is 31.8 Å². The van der Waals surface area contributed by atoms with Gasteiger partial charge in [0, 0.05) is 26.2 Å². The number of hydrazine groups is 2. The van der Waals surface area contributed by atoms with Gasteiger partial charge in [-0.1, -0.05) is 25.7 Å². The molecule has 0 atom stereocenters. The molecule has 10 nitrogen and oxygen atoms in total. The van der Waals surface area contributed by atoms with Crippen molar-refractivity contribution in [3.8, 4) is 0 Å². The highest BCUT2D eigenvalue weighted by Gasteiger charge is 2.49. The summed E-state index contributed by atoms with van der Waals surface area (Å²) in [5.41, 5.74) is -0.594. The molecule has 0 bridgehead atoms. The Morgan fingerprint density at radius 3 is 1.17 bits per heavy atom. The standard InChI is InChI=1S/C17H34N4O6P2/c22-28(18-20-9-5-1-2-6-10-20)24-13-17(14-25-28)15-26-29(23,27-16-17)19-21-11-7-3-4-8-12-21/h1-16H2,(H,18,22)(H,19,23). The minimum Gasteiger partial charge on any atom is -0.295 e. The molecule has 0 aromatic rings. The fraction of sp³-hybridized carbons (Fsp3) is 1.00. The molecule has 4 saturated heterocycles. The van der Waals surface area contributed by atoms with Crippen molar-refractivity contribution in [2.45, 2.75) is 51.4 Å². The predicted octanol–water partition coefficient (Wildman–Crippen LogP) is 3.04. The molecule has 168 valence electrons. The van der Waals surface area contributed by atoms with Crippen LogP contribution in [0.25, 0.3) is 0 Å². The van der Waals surface area contributed by atoms with Crippen molar-refractivity contribution in [2.75, 3.05) is 52.6 Å². The molecule has 12 heteroatoms. The first kappa shape index (κ1) is 22.3. The van der Waals surface area contributed by atoms with Gasteiger partial charge in [-0.15, -0.1) is 0 Å². The molecule has 2 N–H and O–H groups in total. The zero-order valence-corrected chi connectivity index (χ0v) is 18.8. The third-order valence-electron chi connectivity index (χ3n) is 5.90. The first-order valence-electron chi connectivity index (χ1n) is 10.8. The van der Waals surface area contributed by atoms with Crippen LogP contribution in [0.1, 0.15) is 51.4 Å². The molecule has 0 aromatic carbocycles. The van der Waals surface area contributed by atoms with Crippen LogP contribution in [0.5, 0.6) is 0 Å². The van der Waals surface area contributed by atoms with Gasteiger partial charge in [-0.2, -0.15) is 10.4 Å². The summed E-state index contributed by atoms with van der Waals surface area (Å²) < 4.78 is 48.4. The summed E-state index contributed by atoms with van der Waals surface area (Å²) in [7, 11) is -6.78. The molecule has 0 amide bonds. The second-order valence-electron chi connectivity index (χ2n) is 8.59. The summed E-state index contributed by atoms with van der Waals surface area (Å²) in [6.45, 7) is 4.03. The maximum Gasteiger partial charge on any atom is 0.419 e. The zero-order chi connectivity index (χ0) is 20.2. The number of nitrogens with one attached hydrogen (secondary N) is 2. The molecule has 0 aliphatic carbocycles. The fourth-order valence-electron chi connectivity index (χ4n) is 4.02. The van der Waals surface area contributed by atoms with E-state index in [0.29, 0.717) is 0 Å². The third-order valence-corrected chi connectivity index (χ3v) is 8.83. The minimum atomic E-state index is -3.39. The summed E-state index contributed by atoms with van der Waals surface area (Å²) in [4.78, 5) is 0. The average molecular weight is 452 g/mol. The maximum atomic E-state index is 12.9. The lowest BCUT2D eigenvalue weighted by molar-refractivity contribution is -0.0774. The fourth-order valence-corrected chi connectivity index (χ4v) is 7.26. The van der Waals surface area contributed by atoms with Gasteiger partial charge in [-0.3, -0.25) is 18.1 Å². The van der Waals surface area contributed by atoms with Crippen LogP contribution in [0.4, 0.5) is 0 Å². The van der Waals surface area contributed by atoms with Gasteiger partial charge in [0.15, 0.2) is 0 Å². The van der Waals surface area contributed by atoms with Crippen LogP contribution in [-0.2, 0) is 27.2 Å². The molecule has 4 heterocycles. The molecular weight excluding hydrogens is 418 g/mol. The topological polar surface area (TPSA) is 102 Å². The smallest absolute Gasteiger partial charge is 0.295 e. The van der Waals surface area contributed by atoms with Crippen LogP contribution in [0.2, 0.25) is 0 Å². The van der Waals surface area contributed by atoms with Crippen molar-refractivity contribution in [2.24, 2.45) is 5.41 Å². The molecule has 4 aliphatic heterocycles. The summed E-state index contributed by atoms with van der Waals surface area (Å²) in [5, 5.41) is 9.81. The molecular formula is C17H34N4O6P2. The van der Waals surface area contributed by atoms with Crippen molar-refractivity contribution in [3.63, 3.8) is 0 Å². The second-order valence-corrected chi connectivity index (χ2v) is 12.0. The molecule has 4 fully saturated rings. The van der Waals surface area contributed by atoms with Gasteiger partial charge in [-0.05, 0) is 25.7 Å². The Morgan fingerprint density at radius 2 is 0.862 bits per heavy atom. The van der Waals surface area contributed by atoms with Gasteiger partial charge in [0.2, 0.25) is 0 Å². The Morgan fingerprint density at radius 1 is 0.552 bits per heavy atom. The van der Waals surface area contributed by atoms with E-state index in [-0.39, 0.29) is 26.4 Å². The average Bonchev–Trinajstić information content (AvgIpc) is 3.12. The first-order chi connectivity index (χ1) is 14.0. The number of hydrogen-bond acceptors (Lipinski definition) is 8. The minimum absolute atomic E-state index is 0.175. The lowest BCUT2D eigenvalue weighted by Gasteiger charge is -2.43. The van der Waals surface area contributed by atoms with Gasteiger partial charge < -0.3 is 0 Å². The van der Waals surface area contributed by atoms with Crippen LogP contribution in [-0.4, -0.2) is 62.6 Å². The Labute approximate surface area is 173 Å². The van der Waals surface area contributed by atoms with Gasteiger partial charge in [-0.25, -0.2) is 19.1 Å². The molecule has 0 unspecified atom stereocenters. The monoisotopic (exact) mass is 452 g/mol. The van der Waals surface area contributed by atoms with E-state index in [4.69, 9.17) is 18.1 Å². The van der Waals surface area contributed by atoms with Crippen molar-refractivity contribution in [1.82, 2.24) is 20.4 Å². The molecule has 0 aromatic heterocycles. The van der Waals surface area contributed by atoms with Crippen molar-refractivity contribution in [3.05, 3.63) is 0 Å². The zero-order valence-electron chi connectivity index (χ0n) is 17.1. The normalized spacial score (nSPS) is 41.1. The van der Waals surface area contributed by atoms with E-state index in [0.717, 1.165) is 51.9 Å². The van der Waals surface area contributed by atoms with E-state index in [2.05, 4.69) is 10.4 Å². The molecule has 4 rings (SSSR count). The Kier molecular flexibility index (Phi) is 7.50. The first-order valence-corrected chi connectivity index (χ1v) is 13.9. The third kappa shape index (κ3) is 6.10. The number of rotatable bonds is 4. The van der Waals surface area contributed by atoms with Crippen LogP contribution in [0.15, 0.2) is 0 Å². The quantitative estimate of drug-likeness (QED) is 0.619. The van der Waals surface area contributed by atoms with E-state index < -0.39 is 20.9 Å². The Balaban J connectivity index is 1.26. The molecule has 0 radical (unpaired) electrons. The van der Waals surface area contributed by atoms with Crippen LogP contribution < -0.4 is 10.4 Å². The van der Waals surface area contributed by atoms with Gasteiger partial charge in [0.25, 0.3) is 0 Å². The Hall–Kier alpha value is 0.140. The van der Waals surface area contributed by atoms with E-state index in [1.807, 2.05) is 10.0 Å². The van der Waals surface area contributed by atoms with E-state index in [1.165, 1.54) is 25.7 Å². The SMILES string of the molecule is O=P1(NN2CCCCCC2)OCC2(CO1)COP(=O)(NN1CCCCCC1)OC2. The van der Waals surface area contributed by atoms with Gasteiger partial charge >= 0.3 is 15.5 Å². The highest BCUT2D eigenvalue weighted by atomic mass is 31.2. The van der Waals surface area contributed by atoms with Crippen LogP contribution in [0.3, 0.4) is 0 Å². The highest BCUT2D eigenvalue weighted by molar-refractivity contribution is 7.52. The largest absolute Gasteiger partial charge is 0.419 e. The molecule has 29 heavy (non-hydrogen) atoms. The lowest BCUT2D eigenvalue weighted by Crippen LogP contribution is -2.50. The summed E-state index contributed by atoms with van der Waals surface area (Å²) in [6, 6.07) is 0.